The highest BCUT2D eigenvalue weighted by Gasteiger charge is 2.25. The lowest BCUT2D eigenvalue weighted by Gasteiger charge is -2.26. The molecule has 1 aliphatic carbocycles. The Morgan fingerprint density at radius 2 is 1.88 bits per heavy atom. The smallest absolute Gasteiger partial charge is 0.338 e. The summed E-state index contributed by atoms with van der Waals surface area (Å²) in [4.78, 5) is 11.8. The lowest BCUT2D eigenvalue weighted by molar-refractivity contribution is 0.0526. The molecule has 5 nitrogen and oxygen atoms in total. The molecule has 0 bridgehead atoms. The maximum atomic E-state index is 12.7. The van der Waals surface area contributed by atoms with Crippen molar-refractivity contribution in [2.45, 2.75) is 37.1 Å². The first-order valence-corrected chi connectivity index (χ1v) is 9.87. The van der Waals surface area contributed by atoms with Crippen LogP contribution in [0.2, 0.25) is 0 Å². The molecule has 0 saturated carbocycles. The topological polar surface area (TPSA) is 72.5 Å². The van der Waals surface area contributed by atoms with Gasteiger partial charge in [0.25, 0.3) is 0 Å². The number of nitrogens with one attached hydrogen (secondary N) is 1. The van der Waals surface area contributed by atoms with Crippen molar-refractivity contribution in [3.8, 4) is 0 Å². The third-order valence-electron chi connectivity index (χ3n) is 4.34. The van der Waals surface area contributed by atoms with E-state index in [-0.39, 0.29) is 17.5 Å². The van der Waals surface area contributed by atoms with E-state index in [9.17, 15) is 13.2 Å². The molecule has 0 unspecified atom stereocenters. The molecule has 1 aliphatic rings. The second-order valence-corrected chi connectivity index (χ2v) is 7.72. The minimum atomic E-state index is -3.66. The summed E-state index contributed by atoms with van der Waals surface area (Å²) in [6.45, 7) is 2.00. The largest absolute Gasteiger partial charge is 0.462 e. The Balaban J connectivity index is 1.80. The van der Waals surface area contributed by atoms with E-state index < -0.39 is 16.0 Å². The molecular weight excluding hydrogens is 338 g/mol. The number of benzene rings is 2. The molecule has 25 heavy (non-hydrogen) atoms. The van der Waals surface area contributed by atoms with Crippen LogP contribution in [-0.2, 0) is 21.2 Å². The van der Waals surface area contributed by atoms with Crippen molar-refractivity contribution in [1.82, 2.24) is 4.72 Å². The Bertz CT molecular complexity index is 859. The van der Waals surface area contributed by atoms with E-state index >= 15 is 0 Å². The van der Waals surface area contributed by atoms with Crippen LogP contribution in [0.3, 0.4) is 0 Å². The first kappa shape index (κ1) is 17.6. The number of hydrogen-bond acceptors (Lipinski definition) is 4. The molecule has 6 heteroatoms. The quantitative estimate of drug-likeness (QED) is 0.832. The van der Waals surface area contributed by atoms with Crippen molar-refractivity contribution in [1.29, 1.82) is 0 Å². The van der Waals surface area contributed by atoms with Gasteiger partial charge in [-0.25, -0.2) is 17.9 Å². The molecule has 0 radical (unpaired) electrons. The lowest BCUT2D eigenvalue weighted by atomic mass is 9.88. The summed E-state index contributed by atoms with van der Waals surface area (Å²) < 4.78 is 33.1. The van der Waals surface area contributed by atoms with Crippen molar-refractivity contribution in [3.63, 3.8) is 0 Å². The standard InChI is InChI=1S/C19H21NO4S/c1-2-24-19(21)15-10-12-16(13-11-15)25(22,23)20-18-9-5-7-14-6-3-4-8-17(14)18/h3-4,6,8,10-13,18,20H,2,5,7,9H2,1H3/t18-/m1/s1. The predicted octanol–water partition coefficient (Wildman–Crippen LogP) is 3.22. The minimum absolute atomic E-state index is 0.142. The normalized spacial score (nSPS) is 16.9. The molecule has 0 aromatic heterocycles. The van der Waals surface area contributed by atoms with Gasteiger partial charge in [0.2, 0.25) is 10.0 Å². The van der Waals surface area contributed by atoms with Gasteiger partial charge in [-0.05, 0) is 61.6 Å². The maximum absolute atomic E-state index is 12.7. The highest BCUT2D eigenvalue weighted by molar-refractivity contribution is 7.89. The molecule has 2 aromatic carbocycles. The summed E-state index contributed by atoms with van der Waals surface area (Å²) >= 11 is 0. The number of aryl methyl sites for hydroxylation is 1. The zero-order valence-electron chi connectivity index (χ0n) is 14.1. The third-order valence-corrected chi connectivity index (χ3v) is 5.83. The van der Waals surface area contributed by atoms with Crippen LogP contribution in [0.15, 0.2) is 53.4 Å². The van der Waals surface area contributed by atoms with Crippen molar-refractivity contribution < 1.29 is 17.9 Å². The average molecular weight is 359 g/mol. The fourth-order valence-corrected chi connectivity index (χ4v) is 4.37. The van der Waals surface area contributed by atoms with Gasteiger partial charge in [-0.2, -0.15) is 0 Å². The molecule has 3 rings (SSSR count). The van der Waals surface area contributed by atoms with Gasteiger partial charge in [0, 0.05) is 6.04 Å². The molecule has 0 fully saturated rings. The second kappa shape index (κ2) is 7.37. The summed E-state index contributed by atoms with van der Waals surface area (Å²) in [5.41, 5.74) is 2.57. The molecule has 0 aliphatic heterocycles. The number of ether oxygens (including phenoxy) is 1. The number of hydrogen-bond donors (Lipinski definition) is 1. The molecule has 1 N–H and O–H groups in total. The van der Waals surface area contributed by atoms with Crippen LogP contribution in [0.1, 0.15) is 47.3 Å². The molecular formula is C19H21NO4S. The Morgan fingerprint density at radius 1 is 1.16 bits per heavy atom. The Kier molecular flexibility index (Phi) is 5.20. The number of sulfonamides is 1. The number of fused-ring (bicyclic) bond motifs is 1. The van der Waals surface area contributed by atoms with Crippen molar-refractivity contribution >= 4 is 16.0 Å². The van der Waals surface area contributed by atoms with E-state index in [0.29, 0.717) is 5.56 Å². The number of carbonyl (C=O) groups is 1. The van der Waals surface area contributed by atoms with Crippen molar-refractivity contribution in [3.05, 3.63) is 65.2 Å². The monoisotopic (exact) mass is 359 g/mol. The van der Waals surface area contributed by atoms with Gasteiger partial charge in [0.1, 0.15) is 0 Å². The minimum Gasteiger partial charge on any atom is -0.462 e. The molecule has 0 heterocycles. The van der Waals surface area contributed by atoms with E-state index in [1.165, 1.54) is 29.8 Å². The summed E-state index contributed by atoms with van der Waals surface area (Å²) in [6, 6.07) is 13.5. The van der Waals surface area contributed by atoms with Gasteiger partial charge in [-0.15, -0.1) is 0 Å². The summed E-state index contributed by atoms with van der Waals surface area (Å²) in [6.07, 6.45) is 2.70. The van der Waals surface area contributed by atoms with Crippen LogP contribution in [0, 0.1) is 0 Å². The SMILES string of the molecule is CCOC(=O)c1ccc(S(=O)(=O)N[C@@H]2CCCc3ccccc32)cc1. The number of rotatable bonds is 5. The van der Waals surface area contributed by atoms with Crippen LogP contribution in [0.25, 0.3) is 0 Å². The Hall–Kier alpha value is -2.18. The van der Waals surface area contributed by atoms with E-state index in [4.69, 9.17) is 4.74 Å². The van der Waals surface area contributed by atoms with Crippen molar-refractivity contribution in [2.75, 3.05) is 6.61 Å². The van der Waals surface area contributed by atoms with Gasteiger partial charge in [-0.1, -0.05) is 24.3 Å². The van der Waals surface area contributed by atoms with Crippen LogP contribution < -0.4 is 4.72 Å². The van der Waals surface area contributed by atoms with E-state index in [1.807, 2.05) is 24.3 Å². The number of esters is 1. The Labute approximate surface area is 148 Å². The maximum Gasteiger partial charge on any atom is 0.338 e. The molecule has 132 valence electrons. The summed E-state index contributed by atoms with van der Waals surface area (Å²) in [5, 5.41) is 0. The van der Waals surface area contributed by atoms with Gasteiger partial charge in [0.05, 0.1) is 17.1 Å². The first-order chi connectivity index (χ1) is 12.0. The highest BCUT2D eigenvalue weighted by atomic mass is 32.2. The fraction of sp³-hybridized carbons (Fsp3) is 0.316. The molecule has 0 spiro atoms. The molecule has 1 atom stereocenters. The van der Waals surface area contributed by atoms with Crippen molar-refractivity contribution in [2.24, 2.45) is 0 Å². The number of carbonyl (C=O) groups excluding carboxylic acids is 1. The van der Waals surface area contributed by atoms with Crippen LogP contribution in [0.4, 0.5) is 0 Å². The van der Waals surface area contributed by atoms with Crippen LogP contribution >= 0.6 is 0 Å². The van der Waals surface area contributed by atoms with Crippen LogP contribution in [0.5, 0.6) is 0 Å². The predicted molar refractivity (Wildman–Crippen MR) is 94.8 cm³/mol. The van der Waals surface area contributed by atoms with Gasteiger partial charge < -0.3 is 4.74 Å². The van der Waals surface area contributed by atoms with E-state index in [0.717, 1.165) is 24.8 Å². The van der Waals surface area contributed by atoms with Gasteiger partial charge in [-0.3, -0.25) is 0 Å². The highest BCUT2D eigenvalue weighted by Crippen LogP contribution is 2.30. The zero-order chi connectivity index (χ0) is 17.9. The average Bonchev–Trinajstić information content (AvgIpc) is 2.62. The summed E-state index contributed by atoms with van der Waals surface area (Å²) in [5.74, 6) is -0.458. The first-order valence-electron chi connectivity index (χ1n) is 8.38. The van der Waals surface area contributed by atoms with Crippen LogP contribution in [-0.4, -0.2) is 21.0 Å². The molecule has 2 aromatic rings. The third kappa shape index (κ3) is 3.91. The molecule has 0 amide bonds. The second-order valence-electron chi connectivity index (χ2n) is 6.01. The van der Waals surface area contributed by atoms with Gasteiger partial charge in [0.15, 0.2) is 0 Å². The van der Waals surface area contributed by atoms with E-state index in [2.05, 4.69) is 4.72 Å². The Morgan fingerprint density at radius 3 is 2.60 bits per heavy atom. The lowest BCUT2D eigenvalue weighted by Crippen LogP contribution is -2.31. The summed E-state index contributed by atoms with van der Waals surface area (Å²) in [7, 11) is -3.66. The molecule has 0 saturated heterocycles. The van der Waals surface area contributed by atoms with E-state index in [1.54, 1.807) is 6.92 Å². The van der Waals surface area contributed by atoms with Gasteiger partial charge >= 0.3 is 5.97 Å². The fourth-order valence-electron chi connectivity index (χ4n) is 3.12. The zero-order valence-corrected chi connectivity index (χ0v) is 14.9.